The van der Waals surface area contributed by atoms with Crippen LogP contribution in [0, 0.1) is 5.41 Å². The zero-order valence-corrected chi connectivity index (χ0v) is 11.2. The Bertz CT molecular complexity index is 460. The molecule has 0 heterocycles. The maximum absolute atomic E-state index is 11.5. The number of benzene rings is 1. The Hall–Kier alpha value is -2.24. The largest absolute Gasteiger partial charge is 0.497 e. The molecule has 0 bridgehead atoms. The molecule has 1 aromatic carbocycles. The molecule has 1 aromatic rings. The minimum Gasteiger partial charge on any atom is -0.497 e. The molecule has 0 radical (unpaired) electrons. The Morgan fingerprint density at radius 2 is 2.21 bits per heavy atom. The van der Waals surface area contributed by atoms with Crippen molar-refractivity contribution in [1.82, 2.24) is 5.32 Å². The number of rotatable bonds is 5. The maximum atomic E-state index is 11.5. The van der Waals surface area contributed by atoms with Crippen LogP contribution in [0.4, 0.5) is 10.5 Å². The van der Waals surface area contributed by atoms with Crippen molar-refractivity contribution in [2.24, 2.45) is 5.73 Å². The summed E-state index contributed by atoms with van der Waals surface area (Å²) < 4.78 is 5.18. The van der Waals surface area contributed by atoms with Gasteiger partial charge in [-0.15, -0.1) is 0 Å². The third kappa shape index (κ3) is 4.87. The second-order valence-corrected chi connectivity index (χ2v) is 4.12. The van der Waals surface area contributed by atoms with E-state index in [0.29, 0.717) is 5.69 Å². The van der Waals surface area contributed by atoms with E-state index < -0.39 is 6.03 Å². The molecule has 0 aliphatic heterocycles. The van der Waals surface area contributed by atoms with Crippen LogP contribution >= 0.6 is 0 Å². The molecule has 0 atom stereocenters. The lowest BCUT2D eigenvalue weighted by atomic mass is 10.1. The van der Waals surface area contributed by atoms with Gasteiger partial charge in [-0.05, 0) is 36.6 Å². The molecule has 0 spiro atoms. The maximum Gasteiger partial charge on any atom is 0.325 e. The van der Waals surface area contributed by atoms with Gasteiger partial charge in [-0.1, -0.05) is 13.3 Å². The van der Waals surface area contributed by atoms with Gasteiger partial charge in [0.15, 0.2) is 5.96 Å². The van der Waals surface area contributed by atoms with E-state index in [2.05, 4.69) is 17.6 Å². The fourth-order valence-electron chi connectivity index (χ4n) is 1.67. The SMILES string of the molecule is CCCCc1cc(OC)ccc1NC(=O)NC(=N)N. The summed E-state index contributed by atoms with van der Waals surface area (Å²) in [6.07, 6.45) is 2.94. The van der Waals surface area contributed by atoms with Crippen LogP contribution in [0.3, 0.4) is 0 Å². The van der Waals surface area contributed by atoms with Gasteiger partial charge < -0.3 is 15.8 Å². The molecular formula is C13H20N4O2. The summed E-state index contributed by atoms with van der Waals surface area (Å²) >= 11 is 0. The number of urea groups is 1. The Morgan fingerprint density at radius 3 is 2.79 bits per heavy atom. The van der Waals surface area contributed by atoms with Crippen molar-refractivity contribution in [3.05, 3.63) is 23.8 Å². The minimum absolute atomic E-state index is 0.388. The second-order valence-electron chi connectivity index (χ2n) is 4.12. The van der Waals surface area contributed by atoms with E-state index in [-0.39, 0.29) is 5.96 Å². The molecule has 0 aromatic heterocycles. The van der Waals surface area contributed by atoms with Crippen LogP contribution < -0.4 is 21.1 Å². The first-order valence-electron chi connectivity index (χ1n) is 6.15. The van der Waals surface area contributed by atoms with E-state index in [4.69, 9.17) is 15.9 Å². The number of methoxy groups -OCH3 is 1. The van der Waals surface area contributed by atoms with Crippen molar-refractivity contribution >= 4 is 17.7 Å². The van der Waals surface area contributed by atoms with E-state index >= 15 is 0 Å². The summed E-state index contributed by atoms with van der Waals surface area (Å²) in [5.41, 5.74) is 6.80. The smallest absolute Gasteiger partial charge is 0.325 e. The van der Waals surface area contributed by atoms with Gasteiger partial charge in [0.1, 0.15) is 5.75 Å². The Morgan fingerprint density at radius 1 is 1.47 bits per heavy atom. The molecule has 0 aliphatic rings. The van der Waals surface area contributed by atoms with E-state index in [1.54, 1.807) is 19.2 Å². The van der Waals surface area contributed by atoms with Gasteiger partial charge in [-0.25, -0.2) is 4.79 Å². The lowest BCUT2D eigenvalue weighted by Gasteiger charge is -2.12. The van der Waals surface area contributed by atoms with Gasteiger partial charge in [0, 0.05) is 5.69 Å². The molecule has 0 saturated carbocycles. The second kappa shape index (κ2) is 7.25. The fourth-order valence-corrected chi connectivity index (χ4v) is 1.67. The highest BCUT2D eigenvalue weighted by Crippen LogP contribution is 2.23. The van der Waals surface area contributed by atoms with Crippen molar-refractivity contribution in [3.63, 3.8) is 0 Å². The number of anilines is 1. The number of ether oxygens (including phenoxy) is 1. The summed E-state index contributed by atoms with van der Waals surface area (Å²) in [6, 6.07) is 4.94. The molecule has 5 N–H and O–H groups in total. The predicted octanol–water partition coefficient (Wildman–Crippen LogP) is 2.05. The van der Waals surface area contributed by atoms with Crippen molar-refractivity contribution in [3.8, 4) is 5.75 Å². The minimum atomic E-state index is -0.518. The quantitative estimate of drug-likeness (QED) is 0.483. The van der Waals surface area contributed by atoms with Gasteiger partial charge in [0.2, 0.25) is 0 Å². The number of hydrogen-bond acceptors (Lipinski definition) is 3. The van der Waals surface area contributed by atoms with Crippen LogP contribution in [0.5, 0.6) is 5.75 Å². The third-order valence-electron chi connectivity index (χ3n) is 2.61. The lowest BCUT2D eigenvalue weighted by molar-refractivity contribution is 0.256. The topological polar surface area (TPSA) is 100 Å². The number of unbranched alkanes of at least 4 members (excludes halogenated alkanes) is 1. The lowest BCUT2D eigenvalue weighted by Crippen LogP contribution is -2.38. The van der Waals surface area contributed by atoms with Crippen LogP contribution in [0.2, 0.25) is 0 Å². The average Bonchev–Trinajstić information content (AvgIpc) is 2.36. The summed E-state index contributed by atoms with van der Waals surface area (Å²) in [5.74, 6) is 0.366. The Labute approximate surface area is 112 Å². The van der Waals surface area contributed by atoms with Crippen molar-refractivity contribution in [1.29, 1.82) is 5.41 Å². The van der Waals surface area contributed by atoms with Crippen molar-refractivity contribution in [2.75, 3.05) is 12.4 Å². The number of carbonyl (C=O) groups excluding carboxylic acids is 1. The zero-order valence-electron chi connectivity index (χ0n) is 11.2. The van der Waals surface area contributed by atoms with E-state index in [0.717, 1.165) is 30.6 Å². The highest BCUT2D eigenvalue weighted by Gasteiger charge is 2.08. The van der Waals surface area contributed by atoms with Crippen LogP contribution in [0.25, 0.3) is 0 Å². The van der Waals surface area contributed by atoms with Gasteiger partial charge in [-0.3, -0.25) is 10.7 Å². The predicted molar refractivity (Wildman–Crippen MR) is 75.7 cm³/mol. The summed E-state index contributed by atoms with van der Waals surface area (Å²) in [4.78, 5) is 11.5. The summed E-state index contributed by atoms with van der Waals surface area (Å²) in [7, 11) is 1.61. The molecule has 0 aliphatic carbocycles. The van der Waals surface area contributed by atoms with E-state index in [1.807, 2.05) is 6.07 Å². The number of nitrogens with one attached hydrogen (secondary N) is 3. The first kappa shape index (κ1) is 14.8. The Kier molecular flexibility index (Phi) is 5.66. The number of guanidine groups is 1. The average molecular weight is 264 g/mol. The van der Waals surface area contributed by atoms with Crippen LogP contribution in [-0.2, 0) is 6.42 Å². The van der Waals surface area contributed by atoms with E-state index in [1.165, 1.54) is 0 Å². The standard InChI is InChI=1S/C13H20N4O2/c1-3-4-5-9-8-10(19-2)6-7-11(9)16-13(18)17-12(14)15/h6-8H,3-5H2,1-2H3,(H5,14,15,16,17,18). The summed E-state index contributed by atoms with van der Waals surface area (Å²) in [6.45, 7) is 2.11. The first-order valence-corrected chi connectivity index (χ1v) is 6.15. The molecule has 0 unspecified atom stereocenters. The third-order valence-corrected chi connectivity index (χ3v) is 2.61. The van der Waals surface area contributed by atoms with Gasteiger partial charge in [0.05, 0.1) is 7.11 Å². The van der Waals surface area contributed by atoms with Gasteiger partial charge in [-0.2, -0.15) is 0 Å². The molecule has 19 heavy (non-hydrogen) atoms. The van der Waals surface area contributed by atoms with Crippen LogP contribution in [-0.4, -0.2) is 19.1 Å². The first-order chi connectivity index (χ1) is 9.06. The molecule has 6 heteroatoms. The van der Waals surface area contributed by atoms with Crippen molar-refractivity contribution in [2.45, 2.75) is 26.2 Å². The van der Waals surface area contributed by atoms with Crippen LogP contribution in [0.1, 0.15) is 25.3 Å². The van der Waals surface area contributed by atoms with Crippen molar-refractivity contribution < 1.29 is 9.53 Å². The van der Waals surface area contributed by atoms with Gasteiger partial charge >= 0.3 is 6.03 Å². The number of aryl methyl sites for hydroxylation is 1. The molecule has 1 rings (SSSR count). The normalized spacial score (nSPS) is 9.79. The van der Waals surface area contributed by atoms with Crippen LogP contribution in [0.15, 0.2) is 18.2 Å². The highest BCUT2D eigenvalue weighted by molar-refractivity contribution is 6.01. The Balaban J connectivity index is 2.85. The van der Waals surface area contributed by atoms with Gasteiger partial charge in [0.25, 0.3) is 0 Å². The molecule has 0 saturated heterocycles. The number of carbonyl (C=O) groups is 1. The highest BCUT2D eigenvalue weighted by atomic mass is 16.5. The van der Waals surface area contributed by atoms with E-state index in [9.17, 15) is 4.79 Å². The molecule has 104 valence electrons. The fraction of sp³-hybridized carbons (Fsp3) is 0.385. The molecule has 2 amide bonds. The number of amides is 2. The zero-order chi connectivity index (χ0) is 14.3. The number of hydrogen-bond donors (Lipinski definition) is 4. The molecular weight excluding hydrogens is 244 g/mol. The monoisotopic (exact) mass is 264 g/mol. The molecule has 6 nitrogen and oxygen atoms in total. The number of nitrogens with two attached hydrogens (primary N) is 1. The molecule has 0 fully saturated rings. The summed E-state index contributed by atoms with van der Waals surface area (Å²) in [5, 5.41) is 11.9.